The van der Waals surface area contributed by atoms with Crippen molar-refractivity contribution in [1.29, 1.82) is 0 Å². The Morgan fingerprint density at radius 3 is 2.22 bits per heavy atom. The van der Waals surface area contributed by atoms with Crippen LogP contribution in [0.4, 0.5) is 22.0 Å². The van der Waals surface area contributed by atoms with Crippen LogP contribution in [0.3, 0.4) is 0 Å². The monoisotopic (exact) mass is 276 g/mol. The van der Waals surface area contributed by atoms with Crippen LogP contribution in [0.5, 0.6) is 0 Å². The molecule has 1 amide bonds. The first-order chi connectivity index (χ1) is 8.09. The average molecular weight is 276 g/mol. The van der Waals surface area contributed by atoms with E-state index in [1.54, 1.807) is 0 Å². The predicted molar refractivity (Wildman–Crippen MR) is 47.0 cm³/mol. The number of nitrogens with zero attached hydrogens (tertiary/aromatic N) is 1. The third-order valence-electron chi connectivity index (χ3n) is 2.41. The van der Waals surface area contributed by atoms with Gasteiger partial charge in [0.1, 0.15) is 6.04 Å². The number of alkyl halides is 5. The molecule has 0 radical (unpaired) electrons. The van der Waals surface area contributed by atoms with Crippen LogP contribution in [0, 0.1) is 0 Å². The van der Waals surface area contributed by atoms with E-state index >= 15 is 0 Å². The van der Waals surface area contributed by atoms with Gasteiger partial charge in [-0.2, -0.15) is 22.0 Å². The summed E-state index contributed by atoms with van der Waals surface area (Å²) in [5.74, 6) is -9.77. The molecule has 1 aliphatic rings. The van der Waals surface area contributed by atoms with Gasteiger partial charge in [-0.05, 0) is 0 Å². The molecule has 1 unspecified atom stereocenters. The molecule has 10 heteroatoms. The number of carbonyl (C=O) groups excluding carboxylic acids is 1. The zero-order valence-electron chi connectivity index (χ0n) is 8.80. The molecule has 0 aromatic carbocycles. The fourth-order valence-electron chi connectivity index (χ4n) is 1.47. The van der Waals surface area contributed by atoms with Crippen LogP contribution < -0.4 is 5.32 Å². The molecule has 0 aromatic heterocycles. The molecule has 0 spiro atoms. The Morgan fingerprint density at radius 1 is 1.22 bits per heavy atom. The third-order valence-corrected chi connectivity index (χ3v) is 2.41. The van der Waals surface area contributed by atoms with E-state index in [-0.39, 0.29) is 18.0 Å². The zero-order valence-corrected chi connectivity index (χ0v) is 8.80. The molecular weight excluding hydrogens is 267 g/mol. The highest BCUT2D eigenvalue weighted by Gasteiger charge is 2.65. The van der Waals surface area contributed by atoms with Crippen LogP contribution in [-0.2, 0) is 9.59 Å². The highest BCUT2D eigenvalue weighted by atomic mass is 19.4. The highest BCUT2D eigenvalue weighted by Crippen LogP contribution is 2.37. The first-order valence-electron chi connectivity index (χ1n) is 4.78. The second kappa shape index (κ2) is 4.67. The van der Waals surface area contributed by atoms with Crippen LogP contribution >= 0.6 is 0 Å². The Hall–Kier alpha value is -1.45. The van der Waals surface area contributed by atoms with Crippen LogP contribution in [0.2, 0.25) is 0 Å². The molecule has 1 fully saturated rings. The molecule has 104 valence electrons. The number of rotatable bonds is 2. The minimum absolute atomic E-state index is 0.0341. The molecule has 1 heterocycles. The van der Waals surface area contributed by atoms with E-state index < -0.39 is 36.6 Å². The maximum atomic E-state index is 12.8. The van der Waals surface area contributed by atoms with Gasteiger partial charge in [0.05, 0.1) is 0 Å². The predicted octanol–water partition coefficient (Wildman–Crippen LogP) is 0.0690. The van der Waals surface area contributed by atoms with Gasteiger partial charge in [0, 0.05) is 19.6 Å². The smallest absolute Gasteiger partial charge is 0.463 e. The molecule has 1 atom stereocenters. The van der Waals surface area contributed by atoms with Crippen LogP contribution in [0.25, 0.3) is 0 Å². The molecule has 2 N–H and O–H groups in total. The largest absolute Gasteiger partial charge is 0.480 e. The summed E-state index contributed by atoms with van der Waals surface area (Å²) >= 11 is 0. The van der Waals surface area contributed by atoms with Crippen LogP contribution in [0.15, 0.2) is 0 Å². The van der Waals surface area contributed by atoms with Gasteiger partial charge in [-0.3, -0.25) is 4.79 Å². The number of halogens is 5. The third kappa shape index (κ3) is 2.52. The molecule has 18 heavy (non-hydrogen) atoms. The SMILES string of the molecule is O=C(O)C1CNCCN1C(=O)C(F)(F)C(F)(F)F. The van der Waals surface area contributed by atoms with Crippen molar-refractivity contribution in [3.05, 3.63) is 0 Å². The van der Waals surface area contributed by atoms with Crippen molar-refractivity contribution in [1.82, 2.24) is 10.2 Å². The summed E-state index contributed by atoms with van der Waals surface area (Å²) in [5, 5.41) is 11.2. The van der Waals surface area contributed by atoms with Gasteiger partial charge in [0.15, 0.2) is 0 Å². The second-order valence-electron chi connectivity index (χ2n) is 3.63. The van der Waals surface area contributed by atoms with Crippen molar-refractivity contribution >= 4 is 11.9 Å². The normalized spacial score (nSPS) is 21.8. The van der Waals surface area contributed by atoms with Crippen molar-refractivity contribution in [2.75, 3.05) is 19.6 Å². The Morgan fingerprint density at radius 2 is 1.78 bits per heavy atom. The lowest BCUT2D eigenvalue weighted by Crippen LogP contribution is -2.62. The highest BCUT2D eigenvalue weighted by molar-refractivity contribution is 5.89. The summed E-state index contributed by atoms with van der Waals surface area (Å²) in [6.45, 7) is -0.958. The lowest BCUT2D eigenvalue weighted by molar-refractivity contribution is -0.275. The van der Waals surface area contributed by atoms with Gasteiger partial charge in [-0.25, -0.2) is 4.79 Å². The number of carbonyl (C=O) groups is 2. The van der Waals surface area contributed by atoms with Gasteiger partial charge >= 0.3 is 24.0 Å². The summed E-state index contributed by atoms with van der Waals surface area (Å²) < 4.78 is 61.7. The zero-order chi connectivity index (χ0) is 14.1. The lowest BCUT2D eigenvalue weighted by Gasteiger charge is -2.35. The number of carboxylic acid groups (broad SMARTS) is 1. The Bertz CT molecular complexity index is 357. The van der Waals surface area contributed by atoms with Gasteiger partial charge in [-0.1, -0.05) is 0 Å². The maximum Gasteiger partial charge on any atom is 0.463 e. The van der Waals surface area contributed by atoms with Gasteiger partial charge in [0.25, 0.3) is 0 Å². The van der Waals surface area contributed by atoms with E-state index in [0.29, 0.717) is 0 Å². The van der Waals surface area contributed by atoms with E-state index in [0.717, 1.165) is 0 Å². The van der Waals surface area contributed by atoms with E-state index in [1.807, 2.05) is 0 Å². The Labute approximate surface area is 97.5 Å². The topological polar surface area (TPSA) is 69.6 Å². The summed E-state index contributed by atoms with van der Waals surface area (Å²) in [5.41, 5.74) is 0. The Balaban J connectivity index is 2.97. The molecule has 1 rings (SSSR count). The minimum atomic E-state index is -6.04. The molecule has 5 nitrogen and oxygen atoms in total. The number of amides is 1. The van der Waals surface area contributed by atoms with E-state index in [4.69, 9.17) is 5.11 Å². The lowest BCUT2D eigenvalue weighted by atomic mass is 10.1. The van der Waals surface area contributed by atoms with Crippen molar-refractivity contribution in [2.24, 2.45) is 0 Å². The molecule has 0 saturated carbocycles. The molecule has 0 bridgehead atoms. The summed E-state index contributed by atoms with van der Waals surface area (Å²) in [6, 6.07) is -1.74. The average Bonchev–Trinajstić information content (AvgIpc) is 2.26. The van der Waals surface area contributed by atoms with Crippen molar-refractivity contribution in [3.8, 4) is 0 Å². The fraction of sp³-hybridized carbons (Fsp3) is 0.750. The number of hydrogen-bond acceptors (Lipinski definition) is 3. The van der Waals surface area contributed by atoms with Crippen LogP contribution in [-0.4, -0.2) is 59.7 Å². The number of nitrogens with one attached hydrogen (secondary N) is 1. The summed E-state index contributed by atoms with van der Waals surface area (Å²) in [6.07, 6.45) is -6.04. The molecule has 0 aliphatic carbocycles. The quantitative estimate of drug-likeness (QED) is 0.700. The summed E-state index contributed by atoms with van der Waals surface area (Å²) in [4.78, 5) is 21.9. The van der Waals surface area contributed by atoms with Crippen molar-refractivity contribution in [2.45, 2.75) is 18.1 Å². The first kappa shape index (κ1) is 14.6. The van der Waals surface area contributed by atoms with Crippen molar-refractivity contribution < 1.29 is 36.6 Å². The molecule has 1 saturated heterocycles. The van der Waals surface area contributed by atoms with Crippen LogP contribution in [0.1, 0.15) is 0 Å². The minimum Gasteiger partial charge on any atom is -0.480 e. The second-order valence-corrected chi connectivity index (χ2v) is 3.63. The molecule has 1 aliphatic heterocycles. The number of carboxylic acids is 1. The standard InChI is InChI=1S/C8H9F5N2O3/c9-7(10,8(11,12)13)6(18)15-2-1-14-3-4(15)5(16)17/h4,14H,1-3H2,(H,16,17). The molecule has 0 aromatic rings. The first-order valence-corrected chi connectivity index (χ1v) is 4.78. The van der Waals surface area contributed by atoms with Gasteiger partial charge in [-0.15, -0.1) is 0 Å². The van der Waals surface area contributed by atoms with Gasteiger partial charge < -0.3 is 15.3 Å². The number of aliphatic carboxylic acids is 1. The van der Waals surface area contributed by atoms with E-state index in [9.17, 15) is 31.5 Å². The maximum absolute atomic E-state index is 12.8. The van der Waals surface area contributed by atoms with E-state index in [2.05, 4.69) is 5.32 Å². The fourth-order valence-corrected chi connectivity index (χ4v) is 1.47. The molecular formula is C8H9F5N2O3. The van der Waals surface area contributed by atoms with Crippen molar-refractivity contribution in [3.63, 3.8) is 0 Å². The number of piperazine rings is 1. The summed E-state index contributed by atoms with van der Waals surface area (Å²) in [7, 11) is 0. The number of hydrogen-bond donors (Lipinski definition) is 2. The van der Waals surface area contributed by atoms with Gasteiger partial charge in [0.2, 0.25) is 0 Å². The Kier molecular flexibility index (Phi) is 3.79. The van der Waals surface area contributed by atoms with E-state index in [1.165, 1.54) is 0 Å².